The van der Waals surface area contributed by atoms with E-state index in [4.69, 9.17) is 0 Å². The average molecular weight is 669 g/mol. The van der Waals surface area contributed by atoms with E-state index >= 15 is 0 Å². The molecule has 0 fully saturated rings. The zero-order chi connectivity index (χ0) is 35.1. The third-order valence-corrected chi connectivity index (χ3v) is 11.7. The summed E-state index contributed by atoms with van der Waals surface area (Å²) in [5.74, 6) is 0.888. The summed E-state index contributed by atoms with van der Waals surface area (Å²) in [5, 5.41) is 9.31. The second-order valence-corrected chi connectivity index (χ2v) is 15.7. The van der Waals surface area contributed by atoms with Crippen LogP contribution in [0.5, 0.6) is 0 Å². The Morgan fingerprint density at radius 2 is 1.23 bits per heavy atom. The molecular formula is C50H40N2. The third kappa shape index (κ3) is 4.67. The summed E-state index contributed by atoms with van der Waals surface area (Å²) < 4.78 is 2.40. The summed E-state index contributed by atoms with van der Waals surface area (Å²) in [4.78, 5) is 4.36. The van der Waals surface area contributed by atoms with Crippen molar-refractivity contribution in [3.05, 3.63) is 163 Å². The SMILES string of the molecule is CC1c2ccc3c(-c4ccc5c(c4)c4ccccc4n5-c4ccccc4)cc(-c4ccc(-c5cccnc5)cc4)c4ccc(c2c43)=CC1C(C)(C)C. The van der Waals surface area contributed by atoms with Gasteiger partial charge in [-0.3, -0.25) is 4.98 Å². The van der Waals surface area contributed by atoms with Gasteiger partial charge in [0.15, 0.2) is 0 Å². The highest BCUT2D eigenvalue weighted by Crippen LogP contribution is 2.48. The molecule has 52 heavy (non-hydrogen) atoms. The Morgan fingerprint density at radius 3 is 2.00 bits per heavy atom. The van der Waals surface area contributed by atoms with Crippen LogP contribution in [-0.2, 0) is 0 Å². The minimum Gasteiger partial charge on any atom is -0.309 e. The quantitative estimate of drug-likeness (QED) is 0.182. The number of nitrogens with zero attached hydrogens (tertiary/aromatic N) is 2. The first-order chi connectivity index (χ1) is 25.3. The summed E-state index contributed by atoms with van der Waals surface area (Å²) in [6, 6.07) is 51.8. The Balaban J connectivity index is 1.26. The van der Waals surface area contributed by atoms with Crippen molar-refractivity contribution >= 4 is 49.4 Å². The first-order valence-electron chi connectivity index (χ1n) is 18.5. The lowest BCUT2D eigenvalue weighted by Gasteiger charge is -2.37. The van der Waals surface area contributed by atoms with Gasteiger partial charge in [-0.2, -0.15) is 0 Å². The Labute approximate surface area is 304 Å². The minimum atomic E-state index is 0.171. The highest BCUT2D eigenvalue weighted by Gasteiger charge is 2.33. The second kappa shape index (κ2) is 11.5. The van der Waals surface area contributed by atoms with Crippen LogP contribution in [0.1, 0.15) is 39.2 Å². The van der Waals surface area contributed by atoms with Crippen molar-refractivity contribution in [3.63, 3.8) is 0 Å². The molecule has 0 N–H and O–H groups in total. The lowest BCUT2D eigenvalue weighted by molar-refractivity contribution is 0.275. The molecular weight excluding hydrogens is 629 g/mol. The zero-order valence-electron chi connectivity index (χ0n) is 30.1. The van der Waals surface area contributed by atoms with Crippen LogP contribution in [0, 0.1) is 11.3 Å². The molecule has 250 valence electrons. The highest BCUT2D eigenvalue weighted by molar-refractivity contribution is 6.21. The molecule has 2 nitrogen and oxygen atoms in total. The molecule has 2 aromatic heterocycles. The number of hydrogen-bond donors (Lipinski definition) is 0. The normalized spacial score (nSPS) is 15.8. The number of aromatic nitrogens is 2. The number of fused-ring (bicyclic) bond motifs is 3. The van der Waals surface area contributed by atoms with Gasteiger partial charge in [-0.25, -0.2) is 0 Å². The van der Waals surface area contributed by atoms with Crippen LogP contribution in [0.4, 0.5) is 0 Å². The topological polar surface area (TPSA) is 17.8 Å². The van der Waals surface area contributed by atoms with Crippen molar-refractivity contribution in [3.8, 4) is 39.1 Å². The molecule has 9 aromatic rings. The summed E-state index contributed by atoms with van der Waals surface area (Å²) in [6.07, 6.45) is 6.33. The molecule has 0 amide bonds. The van der Waals surface area contributed by atoms with Crippen LogP contribution < -0.4 is 5.22 Å². The highest BCUT2D eigenvalue weighted by atomic mass is 15.0. The second-order valence-electron chi connectivity index (χ2n) is 15.7. The van der Waals surface area contributed by atoms with Gasteiger partial charge in [0.1, 0.15) is 0 Å². The Bertz CT molecular complexity index is 2870. The fraction of sp³-hybridized carbons (Fsp3) is 0.140. The molecule has 2 unspecified atom stereocenters. The molecule has 0 saturated carbocycles. The molecule has 1 aliphatic carbocycles. The van der Waals surface area contributed by atoms with Gasteiger partial charge in [0, 0.05) is 28.9 Å². The van der Waals surface area contributed by atoms with Gasteiger partial charge in [0.05, 0.1) is 11.0 Å². The summed E-state index contributed by atoms with van der Waals surface area (Å²) in [6.45, 7) is 9.57. The Morgan fingerprint density at radius 1 is 0.538 bits per heavy atom. The number of para-hydroxylation sites is 2. The van der Waals surface area contributed by atoms with Crippen molar-refractivity contribution in [1.82, 2.24) is 9.55 Å². The molecule has 0 spiro atoms. The zero-order valence-corrected chi connectivity index (χ0v) is 30.1. The number of benzene rings is 7. The van der Waals surface area contributed by atoms with Crippen molar-refractivity contribution < 1.29 is 0 Å². The van der Waals surface area contributed by atoms with Crippen LogP contribution in [0.25, 0.3) is 88.5 Å². The first-order valence-corrected chi connectivity index (χ1v) is 18.5. The molecule has 2 atom stereocenters. The van der Waals surface area contributed by atoms with E-state index in [0.29, 0.717) is 11.8 Å². The largest absolute Gasteiger partial charge is 0.309 e. The van der Waals surface area contributed by atoms with E-state index in [-0.39, 0.29) is 5.41 Å². The van der Waals surface area contributed by atoms with E-state index in [0.717, 1.165) is 5.56 Å². The Hall–Kier alpha value is -5.99. The predicted molar refractivity (Wildman–Crippen MR) is 221 cm³/mol. The van der Waals surface area contributed by atoms with Gasteiger partial charge in [0.2, 0.25) is 0 Å². The van der Waals surface area contributed by atoms with Gasteiger partial charge >= 0.3 is 0 Å². The van der Waals surface area contributed by atoms with Gasteiger partial charge in [-0.1, -0.05) is 131 Å². The van der Waals surface area contributed by atoms with E-state index in [1.807, 2.05) is 18.5 Å². The fourth-order valence-electron chi connectivity index (χ4n) is 9.20. The van der Waals surface area contributed by atoms with Gasteiger partial charge in [0.25, 0.3) is 0 Å². The third-order valence-electron chi connectivity index (χ3n) is 11.7. The van der Waals surface area contributed by atoms with Gasteiger partial charge in [-0.15, -0.1) is 0 Å². The summed E-state index contributed by atoms with van der Waals surface area (Å²) >= 11 is 0. The lowest BCUT2D eigenvalue weighted by atomic mass is 9.67. The maximum absolute atomic E-state index is 4.36. The predicted octanol–water partition coefficient (Wildman–Crippen LogP) is 12.8. The molecule has 1 aliphatic rings. The molecule has 0 bridgehead atoms. The number of hydrogen-bond acceptors (Lipinski definition) is 1. The number of pyridine rings is 1. The van der Waals surface area contributed by atoms with Crippen molar-refractivity contribution in [1.29, 1.82) is 0 Å². The van der Waals surface area contributed by atoms with E-state index in [2.05, 4.69) is 177 Å². The molecule has 10 rings (SSSR count). The first kappa shape index (κ1) is 30.8. The molecule has 7 aromatic carbocycles. The molecule has 0 saturated heterocycles. The minimum absolute atomic E-state index is 0.171. The van der Waals surface area contributed by atoms with Crippen LogP contribution in [0.3, 0.4) is 0 Å². The standard InChI is InChI=1S/C50H40N2/c1-31-38-23-24-41-43(34-21-25-47-44(27-34)39-14-8-9-15-46(39)52(47)37-12-6-5-7-13-37)29-42(33-18-16-32(17-19-33)36-11-10-26-51-30-36)40-22-20-35(48(38)49(40)41)28-45(31)50(2,3)4/h5-31,45H,1-4H3. The molecule has 2 heteroatoms. The van der Waals surface area contributed by atoms with E-state index < -0.39 is 0 Å². The number of rotatable bonds is 4. The summed E-state index contributed by atoms with van der Waals surface area (Å²) in [5.41, 5.74) is 12.5. The maximum atomic E-state index is 4.36. The average Bonchev–Trinajstić information content (AvgIpc) is 3.51. The van der Waals surface area contributed by atoms with Gasteiger partial charge < -0.3 is 4.57 Å². The monoisotopic (exact) mass is 668 g/mol. The van der Waals surface area contributed by atoms with Crippen molar-refractivity contribution in [2.45, 2.75) is 33.6 Å². The van der Waals surface area contributed by atoms with Crippen LogP contribution in [0.2, 0.25) is 0 Å². The van der Waals surface area contributed by atoms with Crippen LogP contribution in [0.15, 0.2) is 152 Å². The maximum Gasteiger partial charge on any atom is 0.0541 e. The lowest BCUT2D eigenvalue weighted by Crippen LogP contribution is -2.29. The van der Waals surface area contributed by atoms with E-state index in [9.17, 15) is 0 Å². The van der Waals surface area contributed by atoms with Gasteiger partial charge in [-0.05, 0) is 125 Å². The van der Waals surface area contributed by atoms with Crippen molar-refractivity contribution in [2.75, 3.05) is 0 Å². The van der Waals surface area contributed by atoms with E-state index in [1.54, 1.807) is 0 Å². The molecule has 2 heterocycles. The van der Waals surface area contributed by atoms with Crippen LogP contribution >= 0.6 is 0 Å². The Kier molecular flexibility index (Phi) is 6.82. The molecule has 0 aliphatic heterocycles. The smallest absolute Gasteiger partial charge is 0.0541 e. The van der Waals surface area contributed by atoms with Crippen molar-refractivity contribution in [2.24, 2.45) is 11.3 Å². The van der Waals surface area contributed by atoms with Crippen LogP contribution in [-0.4, -0.2) is 9.55 Å². The fourth-order valence-corrected chi connectivity index (χ4v) is 9.20. The summed E-state index contributed by atoms with van der Waals surface area (Å²) in [7, 11) is 0. The molecule has 0 radical (unpaired) electrons. The van der Waals surface area contributed by atoms with E-state index in [1.165, 1.54) is 87.6 Å².